The summed E-state index contributed by atoms with van der Waals surface area (Å²) in [5, 5.41) is 0. The first kappa shape index (κ1) is 15.6. The predicted molar refractivity (Wildman–Crippen MR) is 80.5 cm³/mol. The molecule has 21 heavy (non-hydrogen) atoms. The van der Waals surface area contributed by atoms with E-state index < -0.39 is 11.6 Å². The number of anilines is 1. The topological polar surface area (TPSA) is 44.5 Å². The van der Waals surface area contributed by atoms with E-state index >= 15 is 0 Å². The van der Waals surface area contributed by atoms with E-state index in [1.54, 1.807) is 12.1 Å². The summed E-state index contributed by atoms with van der Waals surface area (Å²) in [5.74, 6) is -1.47. The van der Waals surface area contributed by atoms with Crippen LogP contribution in [-0.4, -0.2) is 13.2 Å². The van der Waals surface area contributed by atoms with Crippen molar-refractivity contribution in [2.45, 2.75) is 6.42 Å². The molecule has 0 saturated heterocycles. The molecule has 2 N–H and O–H groups in total. The number of nitrogens with two attached hydrogens (primary N) is 1. The third-order valence-corrected chi connectivity index (χ3v) is 3.14. The number of benzene rings is 2. The monoisotopic (exact) mass is 357 g/mol. The van der Waals surface area contributed by atoms with Crippen LogP contribution in [0.4, 0.5) is 14.5 Å². The fraction of sp³-hybridized carbons (Fsp3) is 0.200. The van der Waals surface area contributed by atoms with E-state index in [0.717, 1.165) is 6.07 Å². The number of nitrogen functional groups attached to an aromatic ring is 1. The smallest absolute Gasteiger partial charge is 0.200 e. The van der Waals surface area contributed by atoms with Gasteiger partial charge < -0.3 is 15.2 Å². The largest absolute Gasteiger partial charge is 0.491 e. The maximum absolute atomic E-state index is 13.4. The lowest BCUT2D eigenvalue weighted by molar-refractivity contribution is 0.240. The molecule has 0 saturated carbocycles. The Morgan fingerprint density at radius 3 is 2.38 bits per heavy atom. The van der Waals surface area contributed by atoms with Crippen molar-refractivity contribution >= 4 is 21.6 Å². The van der Waals surface area contributed by atoms with Crippen LogP contribution in [0, 0.1) is 11.6 Å². The Morgan fingerprint density at radius 1 is 1.00 bits per heavy atom. The van der Waals surface area contributed by atoms with E-state index in [1.165, 1.54) is 6.07 Å². The minimum atomic E-state index is -0.994. The first-order valence-corrected chi connectivity index (χ1v) is 7.12. The van der Waals surface area contributed by atoms with Crippen LogP contribution in [0.15, 0.2) is 40.9 Å². The van der Waals surface area contributed by atoms with E-state index in [9.17, 15) is 8.78 Å². The van der Waals surface area contributed by atoms with Crippen LogP contribution in [0.5, 0.6) is 11.5 Å². The minimum absolute atomic E-state index is 0.124. The molecule has 0 fully saturated rings. The van der Waals surface area contributed by atoms with Gasteiger partial charge in [0.15, 0.2) is 11.6 Å². The molecule has 0 aromatic heterocycles. The SMILES string of the molecule is Nc1ccccc1OCCCOc1cc(Br)cc(F)c1F. The van der Waals surface area contributed by atoms with Gasteiger partial charge in [0.05, 0.1) is 18.9 Å². The zero-order valence-corrected chi connectivity index (χ0v) is 12.7. The van der Waals surface area contributed by atoms with Crippen LogP contribution >= 0.6 is 15.9 Å². The molecule has 0 aliphatic rings. The van der Waals surface area contributed by atoms with Crippen molar-refractivity contribution in [3.8, 4) is 11.5 Å². The first-order valence-electron chi connectivity index (χ1n) is 6.32. The number of ether oxygens (including phenoxy) is 2. The van der Waals surface area contributed by atoms with Crippen molar-refractivity contribution in [3.63, 3.8) is 0 Å². The normalized spacial score (nSPS) is 10.4. The summed E-state index contributed by atoms with van der Waals surface area (Å²) in [6, 6.07) is 9.57. The summed E-state index contributed by atoms with van der Waals surface area (Å²) in [6.45, 7) is 0.575. The van der Waals surface area contributed by atoms with Crippen LogP contribution < -0.4 is 15.2 Å². The van der Waals surface area contributed by atoms with Gasteiger partial charge in [-0.1, -0.05) is 28.1 Å². The minimum Gasteiger partial charge on any atom is -0.491 e. The molecule has 6 heteroatoms. The Balaban J connectivity index is 1.79. The van der Waals surface area contributed by atoms with Crippen molar-refractivity contribution in [1.82, 2.24) is 0 Å². The molecule has 0 unspecified atom stereocenters. The van der Waals surface area contributed by atoms with Gasteiger partial charge in [0, 0.05) is 10.9 Å². The molecule has 0 radical (unpaired) electrons. The Morgan fingerprint density at radius 2 is 1.67 bits per heavy atom. The molecule has 0 amide bonds. The maximum atomic E-state index is 13.4. The van der Waals surface area contributed by atoms with Crippen LogP contribution in [0.25, 0.3) is 0 Å². The van der Waals surface area contributed by atoms with Gasteiger partial charge in [-0.3, -0.25) is 0 Å². The van der Waals surface area contributed by atoms with Crippen molar-refractivity contribution in [2.75, 3.05) is 18.9 Å². The summed E-state index contributed by atoms with van der Waals surface area (Å²) in [6.07, 6.45) is 0.516. The van der Waals surface area contributed by atoms with Gasteiger partial charge in [0.2, 0.25) is 5.82 Å². The molecule has 0 bridgehead atoms. The third kappa shape index (κ3) is 4.32. The van der Waals surface area contributed by atoms with Gasteiger partial charge in [0.1, 0.15) is 5.75 Å². The second-order valence-electron chi connectivity index (χ2n) is 4.29. The number of hydrogen-bond acceptors (Lipinski definition) is 3. The Kier molecular flexibility index (Phi) is 5.38. The predicted octanol–water partition coefficient (Wildman–Crippen LogP) is 4.16. The van der Waals surface area contributed by atoms with Gasteiger partial charge in [-0.15, -0.1) is 0 Å². The lowest BCUT2D eigenvalue weighted by Gasteiger charge is -2.10. The molecule has 112 valence electrons. The highest BCUT2D eigenvalue weighted by Crippen LogP contribution is 2.25. The highest BCUT2D eigenvalue weighted by atomic mass is 79.9. The third-order valence-electron chi connectivity index (χ3n) is 2.68. The summed E-state index contributed by atoms with van der Waals surface area (Å²) in [7, 11) is 0. The highest BCUT2D eigenvalue weighted by Gasteiger charge is 2.11. The zero-order chi connectivity index (χ0) is 15.2. The Labute approximate surface area is 129 Å². The van der Waals surface area contributed by atoms with Gasteiger partial charge in [-0.25, -0.2) is 4.39 Å². The fourth-order valence-electron chi connectivity index (χ4n) is 1.67. The van der Waals surface area contributed by atoms with Crippen molar-refractivity contribution in [2.24, 2.45) is 0 Å². The molecule has 2 aromatic carbocycles. The Hall–Kier alpha value is -1.82. The van der Waals surface area contributed by atoms with Crippen LogP contribution in [0.3, 0.4) is 0 Å². The quantitative estimate of drug-likeness (QED) is 0.479. The van der Waals surface area contributed by atoms with Gasteiger partial charge in [-0.05, 0) is 24.3 Å². The van der Waals surface area contributed by atoms with Crippen LogP contribution in [0.1, 0.15) is 6.42 Å². The van der Waals surface area contributed by atoms with Crippen molar-refractivity contribution in [1.29, 1.82) is 0 Å². The lowest BCUT2D eigenvalue weighted by atomic mass is 10.3. The molecule has 0 aliphatic carbocycles. The van der Waals surface area contributed by atoms with Crippen molar-refractivity contribution in [3.05, 3.63) is 52.5 Å². The van der Waals surface area contributed by atoms with Gasteiger partial charge in [0.25, 0.3) is 0 Å². The van der Waals surface area contributed by atoms with Gasteiger partial charge in [-0.2, -0.15) is 4.39 Å². The summed E-state index contributed by atoms with van der Waals surface area (Å²) >= 11 is 3.08. The molecular formula is C15H14BrF2NO2. The highest BCUT2D eigenvalue weighted by molar-refractivity contribution is 9.10. The molecule has 0 heterocycles. The van der Waals surface area contributed by atoms with E-state index in [1.807, 2.05) is 12.1 Å². The molecule has 0 spiro atoms. The molecule has 0 aliphatic heterocycles. The van der Waals surface area contributed by atoms with E-state index in [0.29, 0.717) is 28.9 Å². The summed E-state index contributed by atoms with van der Waals surface area (Å²) < 4.78 is 37.7. The maximum Gasteiger partial charge on any atom is 0.200 e. The van der Waals surface area contributed by atoms with Crippen LogP contribution in [-0.2, 0) is 0 Å². The standard InChI is InChI=1S/C15H14BrF2NO2/c16-10-8-11(17)15(18)14(9-10)21-7-3-6-20-13-5-2-1-4-12(13)19/h1-2,4-5,8-9H,3,6-7,19H2. The molecule has 2 aromatic rings. The van der Waals surface area contributed by atoms with Crippen molar-refractivity contribution < 1.29 is 18.3 Å². The molecule has 3 nitrogen and oxygen atoms in total. The average molecular weight is 358 g/mol. The van der Waals surface area contributed by atoms with E-state index in [2.05, 4.69) is 15.9 Å². The van der Waals surface area contributed by atoms with E-state index in [4.69, 9.17) is 15.2 Å². The Bertz CT molecular complexity index is 623. The number of rotatable bonds is 6. The number of hydrogen-bond donors (Lipinski definition) is 1. The summed E-state index contributed by atoms with van der Waals surface area (Å²) in [5.41, 5.74) is 6.28. The molecule has 2 rings (SSSR count). The summed E-state index contributed by atoms with van der Waals surface area (Å²) in [4.78, 5) is 0. The average Bonchev–Trinajstić information content (AvgIpc) is 2.45. The zero-order valence-electron chi connectivity index (χ0n) is 11.1. The van der Waals surface area contributed by atoms with Crippen LogP contribution in [0.2, 0.25) is 0 Å². The number of para-hydroxylation sites is 2. The van der Waals surface area contributed by atoms with Gasteiger partial charge >= 0.3 is 0 Å². The first-order chi connectivity index (χ1) is 10.1. The lowest BCUT2D eigenvalue weighted by Crippen LogP contribution is -2.07. The molecular weight excluding hydrogens is 344 g/mol. The second kappa shape index (κ2) is 7.26. The second-order valence-corrected chi connectivity index (χ2v) is 5.20. The van der Waals surface area contributed by atoms with E-state index in [-0.39, 0.29) is 12.4 Å². The molecule has 0 atom stereocenters. The fourth-order valence-corrected chi connectivity index (χ4v) is 2.08. The number of halogens is 3.